The van der Waals surface area contributed by atoms with Crippen LogP contribution in [0.5, 0.6) is 17.2 Å². The number of carbonyl (C=O) groups excluding carboxylic acids is 3. The minimum Gasteiger partial charge on any atom is -0.505 e. The van der Waals surface area contributed by atoms with E-state index in [1.54, 1.807) is 26.2 Å². The van der Waals surface area contributed by atoms with Crippen LogP contribution in [-0.4, -0.2) is 53.5 Å². The van der Waals surface area contributed by atoms with Gasteiger partial charge in [-0.25, -0.2) is 0 Å². The first-order chi connectivity index (χ1) is 19.3. The zero-order valence-corrected chi connectivity index (χ0v) is 22.4. The predicted molar refractivity (Wildman–Crippen MR) is 148 cm³/mol. The zero-order valence-electron chi connectivity index (χ0n) is 22.4. The fourth-order valence-corrected chi connectivity index (χ4v) is 4.65. The number of para-hydroxylation sites is 1. The molecule has 3 N–H and O–H groups in total. The zero-order chi connectivity index (χ0) is 28.4. The number of nitrogens with one attached hydrogen (secondary N) is 2. The lowest BCUT2D eigenvalue weighted by Gasteiger charge is -2.21. The summed E-state index contributed by atoms with van der Waals surface area (Å²) in [7, 11) is 3.15. The summed E-state index contributed by atoms with van der Waals surface area (Å²) in [5, 5.41) is 17.1. The van der Waals surface area contributed by atoms with Gasteiger partial charge in [0.1, 0.15) is 11.4 Å². The molecule has 10 nitrogen and oxygen atoms in total. The normalized spacial score (nSPS) is 14.9. The van der Waals surface area contributed by atoms with E-state index in [4.69, 9.17) is 9.47 Å². The number of phenolic OH excluding ortho intramolecular Hbond substituents is 1. The van der Waals surface area contributed by atoms with Crippen molar-refractivity contribution in [3.05, 3.63) is 94.8 Å². The van der Waals surface area contributed by atoms with E-state index in [1.807, 2.05) is 55.5 Å². The van der Waals surface area contributed by atoms with Crippen LogP contribution < -0.4 is 20.1 Å². The number of nitrogens with zero attached hydrogens (tertiary/aromatic N) is 2. The van der Waals surface area contributed by atoms with Gasteiger partial charge in [-0.05, 0) is 41.8 Å². The first-order valence-corrected chi connectivity index (χ1v) is 12.9. The third kappa shape index (κ3) is 5.03. The monoisotopic (exact) mass is 542 g/mol. The fraction of sp³-hybridized carbons (Fsp3) is 0.233. The lowest BCUT2D eigenvalue weighted by atomic mass is 10.0. The Bertz CT molecular complexity index is 1500. The molecule has 5 rings (SSSR count). The van der Waals surface area contributed by atoms with Crippen molar-refractivity contribution >= 4 is 23.4 Å². The van der Waals surface area contributed by atoms with Gasteiger partial charge in [0, 0.05) is 14.1 Å². The largest absolute Gasteiger partial charge is 0.505 e. The molecule has 3 aromatic carbocycles. The molecule has 10 heteroatoms. The van der Waals surface area contributed by atoms with Crippen molar-refractivity contribution in [2.75, 3.05) is 26.2 Å². The van der Waals surface area contributed by atoms with E-state index >= 15 is 0 Å². The molecule has 0 aliphatic carbocycles. The van der Waals surface area contributed by atoms with Crippen LogP contribution >= 0.6 is 0 Å². The molecule has 40 heavy (non-hydrogen) atoms. The van der Waals surface area contributed by atoms with Gasteiger partial charge in [-0.1, -0.05) is 49.4 Å². The van der Waals surface area contributed by atoms with Crippen LogP contribution in [0.3, 0.4) is 0 Å². The summed E-state index contributed by atoms with van der Waals surface area (Å²) in [6, 6.07) is 19.0. The molecular formula is C30H30N4O6. The standard InChI is InChI=1S/C30H30N4O6/c1-4-21(19-13-14-23-24(15-19)40-17-39-23)31-25-26(30(38)34(29(25)37)16-18-9-6-5-7-10-18)32-22-12-8-11-20(27(22)35)28(36)33(2)3/h5-15,21,31-32,35H,4,16-17H2,1-3H3/t21-/m1/s1. The lowest BCUT2D eigenvalue weighted by molar-refractivity contribution is -0.138. The van der Waals surface area contributed by atoms with Crippen molar-refractivity contribution in [1.29, 1.82) is 0 Å². The third-order valence-electron chi connectivity index (χ3n) is 6.81. The Morgan fingerprint density at radius 1 is 0.975 bits per heavy atom. The summed E-state index contributed by atoms with van der Waals surface area (Å²) in [5.41, 5.74) is 1.87. The van der Waals surface area contributed by atoms with Crippen molar-refractivity contribution in [2.45, 2.75) is 25.9 Å². The predicted octanol–water partition coefficient (Wildman–Crippen LogP) is 3.76. The first kappa shape index (κ1) is 26.6. The highest BCUT2D eigenvalue weighted by Crippen LogP contribution is 2.36. The minimum absolute atomic E-state index is 0.0233. The molecule has 0 bridgehead atoms. The lowest BCUT2D eigenvalue weighted by Crippen LogP contribution is -2.34. The molecule has 2 aliphatic heterocycles. The fourth-order valence-electron chi connectivity index (χ4n) is 4.65. The van der Waals surface area contributed by atoms with Crippen LogP contribution in [0.15, 0.2) is 78.1 Å². The Morgan fingerprint density at radius 3 is 2.42 bits per heavy atom. The Morgan fingerprint density at radius 2 is 1.70 bits per heavy atom. The molecule has 0 saturated carbocycles. The van der Waals surface area contributed by atoms with E-state index in [1.165, 1.54) is 11.0 Å². The maximum absolute atomic E-state index is 13.7. The van der Waals surface area contributed by atoms with Crippen LogP contribution in [0.2, 0.25) is 0 Å². The molecule has 0 saturated heterocycles. The van der Waals surface area contributed by atoms with Gasteiger partial charge in [-0.2, -0.15) is 0 Å². The molecule has 0 radical (unpaired) electrons. The molecule has 3 aromatic rings. The number of amides is 3. The highest BCUT2D eigenvalue weighted by Gasteiger charge is 2.40. The van der Waals surface area contributed by atoms with E-state index in [2.05, 4.69) is 10.6 Å². The Balaban J connectivity index is 1.52. The first-order valence-electron chi connectivity index (χ1n) is 12.9. The summed E-state index contributed by atoms with van der Waals surface area (Å²) in [6.07, 6.45) is 0.592. The van der Waals surface area contributed by atoms with E-state index in [0.29, 0.717) is 17.9 Å². The van der Waals surface area contributed by atoms with Crippen LogP contribution in [-0.2, 0) is 16.1 Å². The number of fused-ring (bicyclic) bond motifs is 1. The van der Waals surface area contributed by atoms with Crippen LogP contribution in [0.1, 0.15) is 40.9 Å². The topological polar surface area (TPSA) is 120 Å². The van der Waals surface area contributed by atoms with Crippen LogP contribution in [0, 0.1) is 0 Å². The second-order valence-electron chi connectivity index (χ2n) is 9.68. The number of benzene rings is 3. The number of ether oxygens (including phenoxy) is 2. The van der Waals surface area contributed by atoms with E-state index in [-0.39, 0.29) is 47.8 Å². The van der Waals surface area contributed by atoms with Gasteiger partial charge in [-0.3, -0.25) is 19.3 Å². The summed E-state index contributed by atoms with van der Waals surface area (Å²) in [4.78, 5) is 42.5. The van der Waals surface area contributed by atoms with Gasteiger partial charge in [0.25, 0.3) is 17.7 Å². The van der Waals surface area contributed by atoms with Gasteiger partial charge in [0.2, 0.25) is 6.79 Å². The summed E-state index contributed by atoms with van der Waals surface area (Å²) in [5.74, 6) is -0.531. The molecule has 0 aromatic heterocycles. The van der Waals surface area contributed by atoms with E-state index in [0.717, 1.165) is 16.0 Å². The second kappa shape index (κ2) is 11.0. The maximum atomic E-state index is 13.7. The molecule has 0 spiro atoms. The number of carbonyl (C=O) groups is 3. The van der Waals surface area contributed by atoms with Crippen molar-refractivity contribution in [3.63, 3.8) is 0 Å². The summed E-state index contributed by atoms with van der Waals surface area (Å²) < 4.78 is 10.9. The van der Waals surface area contributed by atoms with E-state index < -0.39 is 17.7 Å². The van der Waals surface area contributed by atoms with Gasteiger partial charge in [0.05, 0.1) is 23.8 Å². The Labute approximate surface area is 231 Å². The molecule has 0 unspecified atom stereocenters. The highest BCUT2D eigenvalue weighted by molar-refractivity contribution is 6.20. The van der Waals surface area contributed by atoms with Crippen molar-refractivity contribution < 1.29 is 29.0 Å². The average Bonchev–Trinajstić information content (AvgIpc) is 3.51. The average molecular weight is 543 g/mol. The molecule has 2 aliphatic rings. The van der Waals surface area contributed by atoms with E-state index in [9.17, 15) is 19.5 Å². The van der Waals surface area contributed by atoms with Crippen molar-refractivity contribution in [3.8, 4) is 17.2 Å². The molecular weight excluding hydrogens is 512 g/mol. The Hall–Kier alpha value is -4.99. The molecule has 2 heterocycles. The summed E-state index contributed by atoms with van der Waals surface area (Å²) >= 11 is 0. The quantitative estimate of drug-likeness (QED) is 0.276. The smallest absolute Gasteiger partial charge is 0.279 e. The van der Waals surface area contributed by atoms with Crippen LogP contribution in [0.4, 0.5) is 5.69 Å². The highest BCUT2D eigenvalue weighted by atomic mass is 16.7. The SMILES string of the molecule is CC[C@@H](NC1=C(Nc2cccc(C(=O)N(C)C)c2O)C(=O)N(Cc2ccccc2)C1=O)c1ccc2c(c1)OCO2. The number of phenols is 1. The van der Waals surface area contributed by atoms with Crippen molar-refractivity contribution in [1.82, 2.24) is 15.1 Å². The number of hydrogen-bond donors (Lipinski definition) is 3. The maximum Gasteiger partial charge on any atom is 0.279 e. The molecule has 1 atom stereocenters. The van der Waals surface area contributed by atoms with Gasteiger partial charge < -0.3 is 30.1 Å². The number of hydrogen-bond acceptors (Lipinski definition) is 8. The van der Waals surface area contributed by atoms with Gasteiger partial charge in [-0.15, -0.1) is 0 Å². The van der Waals surface area contributed by atoms with Crippen LogP contribution in [0.25, 0.3) is 0 Å². The number of aromatic hydroxyl groups is 1. The summed E-state index contributed by atoms with van der Waals surface area (Å²) in [6.45, 7) is 2.17. The minimum atomic E-state index is -0.555. The van der Waals surface area contributed by atoms with Gasteiger partial charge >= 0.3 is 0 Å². The molecule has 3 amide bonds. The second-order valence-corrected chi connectivity index (χ2v) is 9.68. The number of rotatable bonds is 9. The Kier molecular flexibility index (Phi) is 7.33. The number of imide groups is 1. The third-order valence-corrected chi connectivity index (χ3v) is 6.81. The molecule has 0 fully saturated rings. The van der Waals surface area contributed by atoms with Gasteiger partial charge in [0.15, 0.2) is 17.2 Å². The molecule has 206 valence electrons. The number of anilines is 1. The van der Waals surface area contributed by atoms with Crippen molar-refractivity contribution in [2.24, 2.45) is 0 Å².